The smallest absolute Gasteiger partial charge is 0.0143 e. The third kappa shape index (κ3) is 5.13. The van der Waals surface area contributed by atoms with Crippen LogP contribution in [0.15, 0.2) is 30.3 Å². The van der Waals surface area contributed by atoms with Gasteiger partial charge in [0.15, 0.2) is 0 Å². The van der Waals surface area contributed by atoms with Crippen LogP contribution in [0.25, 0.3) is 6.08 Å². The van der Waals surface area contributed by atoms with Gasteiger partial charge < -0.3 is 5.32 Å². The molecular weight excluding hydrogens is 194 g/mol. The van der Waals surface area contributed by atoms with Gasteiger partial charge in [-0.3, -0.25) is 0 Å². The number of hydrogen-bond donors (Lipinski definition) is 1. The van der Waals surface area contributed by atoms with Gasteiger partial charge >= 0.3 is 0 Å². The molecule has 1 rings (SSSR count). The van der Waals surface area contributed by atoms with E-state index in [4.69, 9.17) is 0 Å². The minimum atomic E-state index is 0.191. The van der Waals surface area contributed by atoms with Crippen LogP contribution in [0.2, 0.25) is 0 Å². The predicted molar refractivity (Wildman–Crippen MR) is 72.6 cm³/mol. The highest BCUT2D eigenvalue weighted by Crippen LogP contribution is 2.06. The van der Waals surface area contributed by atoms with Crippen LogP contribution in [-0.2, 0) is 6.42 Å². The molecule has 0 heterocycles. The molecular formula is C15H23N. The summed E-state index contributed by atoms with van der Waals surface area (Å²) in [5, 5.41) is 3.43. The number of aryl methyl sites for hydroxylation is 1. The Hall–Kier alpha value is -1.08. The molecule has 0 atom stereocenters. The van der Waals surface area contributed by atoms with E-state index in [1.807, 2.05) is 0 Å². The van der Waals surface area contributed by atoms with E-state index >= 15 is 0 Å². The van der Waals surface area contributed by atoms with Crippen LogP contribution in [0.1, 0.15) is 38.8 Å². The van der Waals surface area contributed by atoms with Gasteiger partial charge in [-0.2, -0.15) is 0 Å². The van der Waals surface area contributed by atoms with Crippen LogP contribution >= 0.6 is 0 Å². The maximum Gasteiger partial charge on any atom is 0.0143 e. The van der Waals surface area contributed by atoms with Crippen molar-refractivity contribution in [2.24, 2.45) is 0 Å². The quantitative estimate of drug-likeness (QED) is 0.811. The van der Waals surface area contributed by atoms with E-state index in [0.717, 1.165) is 13.0 Å². The fourth-order valence-electron chi connectivity index (χ4n) is 1.42. The van der Waals surface area contributed by atoms with Gasteiger partial charge in [-0.25, -0.2) is 0 Å². The van der Waals surface area contributed by atoms with Crippen molar-refractivity contribution >= 4 is 6.08 Å². The molecule has 1 aromatic rings. The van der Waals surface area contributed by atoms with Crippen molar-refractivity contribution in [1.29, 1.82) is 0 Å². The normalized spacial score (nSPS) is 12.2. The van der Waals surface area contributed by atoms with Gasteiger partial charge in [0.2, 0.25) is 0 Å². The number of hydrogen-bond acceptors (Lipinski definition) is 1. The Labute approximate surface area is 99.6 Å². The summed E-state index contributed by atoms with van der Waals surface area (Å²) in [4.78, 5) is 0. The lowest BCUT2D eigenvalue weighted by molar-refractivity contribution is 0.450. The lowest BCUT2D eigenvalue weighted by atomic mass is 10.1. The average Bonchev–Trinajstić information content (AvgIpc) is 2.24. The van der Waals surface area contributed by atoms with Gasteiger partial charge in [0.25, 0.3) is 0 Å². The highest BCUT2D eigenvalue weighted by molar-refractivity contribution is 5.49. The number of benzene rings is 1. The zero-order chi connectivity index (χ0) is 12.0. The largest absolute Gasteiger partial charge is 0.309 e. The second-order valence-corrected chi connectivity index (χ2v) is 5.13. The summed E-state index contributed by atoms with van der Waals surface area (Å²) < 4.78 is 0. The second-order valence-electron chi connectivity index (χ2n) is 5.13. The first kappa shape index (κ1) is 13.0. The van der Waals surface area contributed by atoms with Crippen molar-refractivity contribution in [3.63, 3.8) is 0 Å². The molecule has 0 unspecified atom stereocenters. The highest BCUT2D eigenvalue weighted by atomic mass is 14.9. The Balaban J connectivity index is 2.44. The van der Waals surface area contributed by atoms with Crippen molar-refractivity contribution < 1.29 is 0 Å². The topological polar surface area (TPSA) is 12.0 Å². The first-order valence-corrected chi connectivity index (χ1v) is 6.02. The molecule has 0 aliphatic heterocycles. The summed E-state index contributed by atoms with van der Waals surface area (Å²) in [6.45, 7) is 9.63. The maximum atomic E-state index is 3.43. The molecule has 0 amide bonds. The fourth-order valence-corrected chi connectivity index (χ4v) is 1.42. The van der Waals surface area contributed by atoms with Crippen molar-refractivity contribution in [3.8, 4) is 0 Å². The van der Waals surface area contributed by atoms with Crippen LogP contribution in [0, 0.1) is 0 Å². The van der Waals surface area contributed by atoms with E-state index in [1.165, 1.54) is 11.1 Å². The van der Waals surface area contributed by atoms with Gasteiger partial charge in [-0.05, 0) is 38.3 Å². The minimum absolute atomic E-state index is 0.191. The molecule has 1 heteroatoms. The standard InChI is InChI=1S/C15H23N/c1-5-13-8-10-14(11-9-13)7-6-12-16-15(2,3)4/h6-11,16H,5,12H2,1-4H3. The summed E-state index contributed by atoms with van der Waals surface area (Å²) >= 11 is 0. The SMILES string of the molecule is CCc1ccc(C=CCNC(C)(C)C)cc1. The first-order chi connectivity index (χ1) is 7.51. The van der Waals surface area contributed by atoms with Gasteiger partial charge in [0.05, 0.1) is 0 Å². The molecule has 0 spiro atoms. The van der Waals surface area contributed by atoms with Crippen LogP contribution < -0.4 is 5.32 Å². The van der Waals surface area contributed by atoms with E-state index < -0.39 is 0 Å². The molecule has 0 fully saturated rings. The average molecular weight is 217 g/mol. The Morgan fingerprint density at radius 1 is 1.12 bits per heavy atom. The molecule has 0 saturated heterocycles. The van der Waals surface area contributed by atoms with E-state index in [-0.39, 0.29) is 5.54 Å². The summed E-state index contributed by atoms with van der Waals surface area (Å²) in [6, 6.07) is 8.73. The molecule has 0 aliphatic rings. The van der Waals surface area contributed by atoms with E-state index in [1.54, 1.807) is 0 Å². The van der Waals surface area contributed by atoms with Gasteiger partial charge in [-0.1, -0.05) is 43.3 Å². The first-order valence-electron chi connectivity index (χ1n) is 6.02. The third-order valence-corrected chi connectivity index (χ3v) is 2.45. The monoisotopic (exact) mass is 217 g/mol. The van der Waals surface area contributed by atoms with Gasteiger partial charge in [-0.15, -0.1) is 0 Å². The van der Waals surface area contributed by atoms with Crippen molar-refractivity contribution in [1.82, 2.24) is 5.32 Å². The molecule has 0 bridgehead atoms. The van der Waals surface area contributed by atoms with Crippen LogP contribution in [-0.4, -0.2) is 12.1 Å². The van der Waals surface area contributed by atoms with Crippen LogP contribution in [0.5, 0.6) is 0 Å². The summed E-state index contributed by atoms with van der Waals surface area (Å²) in [5.74, 6) is 0. The van der Waals surface area contributed by atoms with Crippen molar-refractivity contribution in [2.45, 2.75) is 39.7 Å². The molecule has 0 aliphatic carbocycles. The molecule has 0 saturated carbocycles. The summed E-state index contributed by atoms with van der Waals surface area (Å²) in [6.07, 6.45) is 5.44. The molecule has 88 valence electrons. The van der Waals surface area contributed by atoms with E-state index in [0.29, 0.717) is 0 Å². The van der Waals surface area contributed by atoms with Crippen LogP contribution in [0.4, 0.5) is 0 Å². The minimum Gasteiger partial charge on any atom is -0.309 e. The summed E-state index contributed by atoms with van der Waals surface area (Å²) in [5.41, 5.74) is 2.86. The van der Waals surface area contributed by atoms with Gasteiger partial charge in [0.1, 0.15) is 0 Å². The van der Waals surface area contributed by atoms with Gasteiger partial charge in [0, 0.05) is 12.1 Å². The van der Waals surface area contributed by atoms with Crippen LogP contribution in [0.3, 0.4) is 0 Å². The fraction of sp³-hybridized carbons (Fsp3) is 0.467. The van der Waals surface area contributed by atoms with E-state index in [2.05, 4.69) is 69.4 Å². The van der Waals surface area contributed by atoms with Crippen molar-refractivity contribution in [3.05, 3.63) is 41.5 Å². The summed E-state index contributed by atoms with van der Waals surface area (Å²) in [7, 11) is 0. The molecule has 1 aromatic carbocycles. The molecule has 0 aromatic heterocycles. The molecule has 16 heavy (non-hydrogen) atoms. The Kier molecular flexibility index (Phi) is 4.75. The Morgan fingerprint density at radius 3 is 2.25 bits per heavy atom. The number of rotatable bonds is 4. The lowest BCUT2D eigenvalue weighted by Crippen LogP contribution is -2.35. The van der Waals surface area contributed by atoms with Crippen molar-refractivity contribution in [2.75, 3.05) is 6.54 Å². The zero-order valence-electron chi connectivity index (χ0n) is 10.9. The molecule has 0 radical (unpaired) electrons. The Morgan fingerprint density at radius 2 is 1.75 bits per heavy atom. The lowest BCUT2D eigenvalue weighted by Gasteiger charge is -2.18. The molecule has 1 N–H and O–H groups in total. The Bertz CT molecular complexity index is 327. The maximum absolute atomic E-state index is 3.43. The van der Waals surface area contributed by atoms with E-state index in [9.17, 15) is 0 Å². The third-order valence-electron chi connectivity index (χ3n) is 2.45. The number of nitrogens with one attached hydrogen (secondary N) is 1. The molecule has 1 nitrogen and oxygen atoms in total. The zero-order valence-corrected chi connectivity index (χ0v) is 10.9. The predicted octanol–water partition coefficient (Wildman–Crippen LogP) is 3.65. The second kappa shape index (κ2) is 5.86. The highest BCUT2D eigenvalue weighted by Gasteiger charge is 2.05.